The van der Waals surface area contributed by atoms with Crippen molar-refractivity contribution < 1.29 is 13.9 Å². The zero-order chi connectivity index (χ0) is 20.9. The van der Waals surface area contributed by atoms with E-state index in [0.29, 0.717) is 18.1 Å². The summed E-state index contributed by atoms with van der Waals surface area (Å²) >= 11 is 5.95. The number of hydrogen-bond donors (Lipinski definition) is 1. The zero-order valence-corrected chi connectivity index (χ0v) is 16.4. The molecule has 0 aliphatic carbocycles. The lowest BCUT2D eigenvalue weighted by atomic mass is 9.92. The number of halogens is 3. The largest absolute Gasteiger partial charge is 0.382 e. The van der Waals surface area contributed by atoms with Crippen molar-refractivity contribution in [2.24, 2.45) is 0 Å². The highest BCUT2D eigenvalue weighted by Gasteiger charge is 2.35. The van der Waals surface area contributed by atoms with E-state index in [2.05, 4.69) is 16.7 Å². The Bertz CT molecular complexity index is 950. The Labute approximate surface area is 172 Å². The van der Waals surface area contributed by atoms with Crippen molar-refractivity contribution in [3.63, 3.8) is 0 Å². The molecule has 0 amide bonds. The molecule has 2 aromatic carbocycles. The molecule has 0 spiro atoms. The first-order valence-corrected chi connectivity index (χ1v) is 9.35. The minimum Gasteiger partial charge on any atom is -0.382 e. The molecule has 3 rings (SSSR count). The molecule has 0 aliphatic heterocycles. The van der Waals surface area contributed by atoms with Crippen LogP contribution < -0.4 is 0 Å². The molecule has 0 unspecified atom stereocenters. The van der Waals surface area contributed by atoms with Gasteiger partial charge >= 0.3 is 0 Å². The molecule has 1 N–H and O–H groups in total. The van der Waals surface area contributed by atoms with E-state index < -0.39 is 17.2 Å². The van der Waals surface area contributed by atoms with Gasteiger partial charge in [0, 0.05) is 36.3 Å². The predicted octanol–water partition coefficient (Wildman–Crippen LogP) is 3.79. The van der Waals surface area contributed by atoms with Crippen LogP contribution in [0.1, 0.15) is 11.1 Å². The molecule has 0 bridgehead atoms. The number of rotatable bonds is 9. The molecule has 3 aromatic rings. The van der Waals surface area contributed by atoms with Gasteiger partial charge in [0.2, 0.25) is 0 Å². The van der Waals surface area contributed by atoms with Crippen molar-refractivity contribution in [2.45, 2.75) is 18.7 Å². The van der Waals surface area contributed by atoms with Crippen LogP contribution in [0, 0.1) is 11.6 Å². The second kappa shape index (κ2) is 9.26. The zero-order valence-electron chi connectivity index (χ0n) is 15.7. The van der Waals surface area contributed by atoms with Gasteiger partial charge in [0.25, 0.3) is 0 Å². The van der Waals surface area contributed by atoms with Gasteiger partial charge in [0.05, 0.1) is 6.54 Å². The third-order valence-corrected chi connectivity index (χ3v) is 4.77. The standard InChI is InChI=1S/C21H21ClF2N4O/c1-2-9-27(11-16-3-5-17(22)6-4-16)12-21(29,13-28-15-25-14-26-28)19-8-7-18(23)10-20(19)24/h2-8,10,14-15,29H,1,9,11-13H2/t21-/m1/s1. The van der Waals surface area contributed by atoms with E-state index in [9.17, 15) is 13.9 Å². The molecule has 1 aromatic heterocycles. The summed E-state index contributed by atoms with van der Waals surface area (Å²) in [7, 11) is 0. The van der Waals surface area contributed by atoms with Crippen LogP contribution in [0.3, 0.4) is 0 Å². The average molecular weight is 419 g/mol. The van der Waals surface area contributed by atoms with Crippen molar-refractivity contribution in [3.8, 4) is 0 Å². The predicted molar refractivity (Wildman–Crippen MR) is 107 cm³/mol. The smallest absolute Gasteiger partial charge is 0.137 e. The van der Waals surface area contributed by atoms with Gasteiger partial charge < -0.3 is 5.11 Å². The lowest BCUT2D eigenvalue weighted by Crippen LogP contribution is -2.44. The maximum absolute atomic E-state index is 14.6. The monoisotopic (exact) mass is 418 g/mol. The molecule has 0 fully saturated rings. The topological polar surface area (TPSA) is 54.2 Å². The van der Waals surface area contributed by atoms with E-state index in [1.165, 1.54) is 23.4 Å². The number of aromatic nitrogens is 3. The first-order valence-electron chi connectivity index (χ1n) is 8.97. The lowest BCUT2D eigenvalue weighted by Gasteiger charge is -2.34. The van der Waals surface area contributed by atoms with Gasteiger partial charge in [-0.3, -0.25) is 4.90 Å². The lowest BCUT2D eigenvalue weighted by molar-refractivity contribution is -0.0210. The molecule has 8 heteroatoms. The molecular formula is C21H21ClF2N4O. The maximum Gasteiger partial charge on any atom is 0.137 e. The summed E-state index contributed by atoms with van der Waals surface area (Å²) in [6.07, 6.45) is 4.47. The Kier molecular flexibility index (Phi) is 6.74. The van der Waals surface area contributed by atoms with Crippen molar-refractivity contribution >= 4 is 11.6 Å². The molecule has 5 nitrogen and oxygen atoms in total. The Balaban J connectivity index is 1.92. The van der Waals surface area contributed by atoms with Crippen molar-refractivity contribution in [2.75, 3.05) is 13.1 Å². The third-order valence-electron chi connectivity index (χ3n) is 4.51. The van der Waals surface area contributed by atoms with Gasteiger partial charge in [-0.1, -0.05) is 35.9 Å². The Hall–Kier alpha value is -2.61. The van der Waals surface area contributed by atoms with Gasteiger partial charge in [0.1, 0.15) is 29.9 Å². The SMILES string of the molecule is C=CCN(Cc1ccc(Cl)cc1)C[C@@](O)(Cn1cncn1)c1ccc(F)cc1F. The van der Waals surface area contributed by atoms with Crippen LogP contribution >= 0.6 is 11.6 Å². The van der Waals surface area contributed by atoms with Crippen LogP contribution in [0.5, 0.6) is 0 Å². The molecule has 29 heavy (non-hydrogen) atoms. The van der Waals surface area contributed by atoms with Gasteiger partial charge in [-0.25, -0.2) is 18.4 Å². The third kappa shape index (κ3) is 5.47. The Morgan fingerprint density at radius 3 is 2.59 bits per heavy atom. The second-order valence-electron chi connectivity index (χ2n) is 6.83. The van der Waals surface area contributed by atoms with Gasteiger partial charge in [-0.15, -0.1) is 6.58 Å². The molecule has 1 heterocycles. The van der Waals surface area contributed by atoms with Crippen LogP contribution in [-0.2, 0) is 18.7 Å². The van der Waals surface area contributed by atoms with Gasteiger partial charge in [-0.2, -0.15) is 5.10 Å². The van der Waals surface area contributed by atoms with Gasteiger partial charge in [-0.05, 0) is 23.8 Å². The van der Waals surface area contributed by atoms with E-state index in [1.54, 1.807) is 18.2 Å². The van der Waals surface area contributed by atoms with Crippen LogP contribution in [0.4, 0.5) is 8.78 Å². The highest BCUT2D eigenvalue weighted by atomic mass is 35.5. The fourth-order valence-corrected chi connectivity index (χ4v) is 3.38. The summed E-state index contributed by atoms with van der Waals surface area (Å²) in [4.78, 5) is 5.79. The number of aliphatic hydroxyl groups is 1. The van der Waals surface area contributed by atoms with Crippen molar-refractivity contribution in [1.82, 2.24) is 19.7 Å². The highest BCUT2D eigenvalue weighted by Crippen LogP contribution is 2.28. The normalized spacial score (nSPS) is 13.4. The minimum atomic E-state index is -1.68. The highest BCUT2D eigenvalue weighted by molar-refractivity contribution is 6.30. The number of benzene rings is 2. The number of nitrogens with zero attached hydrogens (tertiary/aromatic N) is 4. The van der Waals surface area contributed by atoms with E-state index >= 15 is 0 Å². The maximum atomic E-state index is 14.6. The minimum absolute atomic E-state index is 0.0143. The van der Waals surface area contributed by atoms with Crippen LogP contribution in [-0.4, -0.2) is 37.9 Å². The molecule has 0 aliphatic rings. The van der Waals surface area contributed by atoms with Crippen LogP contribution in [0.15, 0.2) is 67.8 Å². The molecule has 1 atom stereocenters. The quantitative estimate of drug-likeness (QED) is 0.537. The van der Waals surface area contributed by atoms with E-state index in [-0.39, 0.29) is 18.7 Å². The van der Waals surface area contributed by atoms with Gasteiger partial charge in [0.15, 0.2) is 0 Å². The summed E-state index contributed by atoms with van der Waals surface area (Å²) in [5.74, 6) is -1.53. The second-order valence-corrected chi connectivity index (χ2v) is 7.27. The Morgan fingerprint density at radius 1 is 1.21 bits per heavy atom. The van der Waals surface area contributed by atoms with E-state index in [0.717, 1.165) is 17.7 Å². The van der Waals surface area contributed by atoms with Crippen molar-refractivity contribution in [1.29, 1.82) is 0 Å². The van der Waals surface area contributed by atoms with E-state index in [1.807, 2.05) is 17.0 Å². The molecule has 0 saturated heterocycles. The summed E-state index contributed by atoms with van der Waals surface area (Å²) in [6, 6.07) is 10.5. The van der Waals surface area contributed by atoms with Crippen molar-refractivity contribution in [3.05, 3.63) is 95.6 Å². The fraction of sp³-hybridized carbons (Fsp3) is 0.238. The molecule has 0 radical (unpaired) electrons. The number of hydrogen-bond acceptors (Lipinski definition) is 4. The fourth-order valence-electron chi connectivity index (χ4n) is 3.26. The first-order chi connectivity index (χ1) is 13.9. The summed E-state index contributed by atoms with van der Waals surface area (Å²) < 4.78 is 29.4. The van der Waals surface area contributed by atoms with Crippen LogP contribution in [0.25, 0.3) is 0 Å². The summed E-state index contributed by atoms with van der Waals surface area (Å²) in [6.45, 7) is 4.70. The molecule has 152 valence electrons. The van der Waals surface area contributed by atoms with Crippen LogP contribution in [0.2, 0.25) is 5.02 Å². The molecular weight excluding hydrogens is 398 g/mol. The summed E-state index contributed by atoms with van der Waals surface area (Å²) in [5, 5.41) is 16.1. The first kappa shape index (κ1) is 21.1. The summed E-state index contributed by atoms with van der Waals surface area (Å²) in [5.41, 5.74) is -0.723. The average Bonchev–Trinajstić information content (AvgIpc) is 3.16. The Morgan fingerprint density at radius 2 is 1.97 bits per heavy atom. The van der Waals surface area contributed by atoms with E-state index in [4.69, 9.17) is 11.6 Å². The molecule has 0 saturated carbocycles.